The highest BCUT2D eigenvalue weighted by Crippen LogP contribution is 2.17. The van der Waals surface area contributed by atoms with Crippen molar-refractivity contribution in [1.82, 2.24) is 29.5 Å². The molecule has 1 unspecified atom stereocenters. The topological polar surface area (TPSA) is 76.1 Å². The van der Waals surface area contributed by atoms with Crippen LogP contribution in [0.4, 0.5) is 5.82 Å². The van der Waals surface area contributed by atoms with Crippen molar-refractivity contribution in [2.75, 3.05) is 32.9 Å². The van der Waals surface area contributed by atoms with Crippen LogP contribution < -0.4 is 5.73 Å². The van der Waals surface area contributed by atoms with Crippen molar-refractivity contribution in [3.8, 4) is 0 Å². The first-order valence-corrected chi connectivity index (χ1v) is 7.25. The molecule has 0 amide bonds. The van der Waals surface area contributed by atoms with E-state index in [9.17, 15) is 0 Å². The summed E-state index contributed by atoms with van der Waals surface area (Å²) in [7, 11) is 6.03. The lowest BCUT2D eigenvalue weighted by Gasteiger charge is -2.29. The first-order chi connectivity index (χ1) is 9.92. The molecule has 2 aromatic heterocycles. The summed E-state index contributed by atoms with van der Waals surface area (Å²) in [5, 5.41) is 5.00. The molecule has 0 aliphatic carbocycles. The maximum Gasteiger partial charge on any atom is 0.163 e. The van der Waals surface area contributed by atoms with Crippen LogP contribution in [-0.4, -0.2) is 62.8 Å². The van der Waals surface area contributed by atoms with Crippen LogP contribution in [0, 0.1) is 0 Å². The van der Waals surface area contributed by atoms with Gasteiger partial charge in [-0.05, 0) is 27.6 Å². The van der Waals surface area contributed by atoms with Gasteiger partial charge in [-0.3, -0.25) is 9.58 Å². The average Bonchev–Trinajstić information content (AvgIpc) is 2.77. The second kappa shape index (κ2) is 6.36. The van der Waals surface area contributed by atoms with Crippen molar-refractivity contribution in [1.29, 1.82) is 0 Å². The fourth-order valence-electron chi connectivity index (χ4n) is 2.57. The lowest BCUT2D eigenvalue weighted by atomic mass is 10.2. The van der Waals surface area contributed by atoms with Crippen molar-refractivity contribution < 1.29 is 0 Å². The minimum absolute atomic E-state index is 0.428. The number of nitrogens with two attached hydrogens (primary N) is 1. The number of hydrogen-bond donors (Lipinski definition) is 1. The third kappa shape index (κ3) is 3.48. The van der Waals surface area contributed by atoms with E-state index in [2.05, 4.69) is 52.8 Å². The Morgan fingerprint density at radius 3 is 2.67 bits per heavy atom. The van der Waals surface area contributed by atoms with E-state index in [1.54, 1.807) is 10.9 Å². The fraction of sp³-hybridized carbons (Fsp3) is 0.643. The largest absolute Gasteiger partial charge is 0.383 e. The molecular formula is C14H25N7. The molecule has 2 aromatic rings. The van der Waals surface area contributed by atoms with Crippen LogP contribution >= 0.6 is 0 Å². The van der Waals surface area contributed by atoms with Gasteiger partial charge in [0.15, 0.2) is 5.65 Å². The zero-order valence-electron chi connectivity index (χ0n) is 13.5. The lowest BCUT2D eigenvalue weighted by molar-refractivity contribution is 0.171. The first-order valence-electron chi connectivity index (χ1n) is 7.25. The normalized spacial score (nSPS) is 13.5. The second-order valence-corrected chi connectivity index (χ2v) is 5.70. The van der Waals surface area contributed by atoms with Gasteiger partial charge in [0, 0.05) is 19.6 Å². The number of anilines is 1. The van der Waals surface area contributed by atoms with Gasteiger partial charge in [0.25, 0.3) is 0 Å². The number of nitrogen functional groups attached to an aromatic ring is 1. The van der Waals surface area contributed by atoms with Crippen molar-refractivity contribution in [2.24, 2.45) is 7.05 Å². The summed E-state index contributed by atoms with van der Waals surface area (Å²) >= 11 is 0. The van der Waals surface area contributed by atoms with Crippen molar-refractivity contribution in [3.63, 3.8) is 0 Å². The molecule has 2 rings (SSSR count). The van der Waals surface area contributed by atoms with Crippen LogP contribution in [0.1, 0.15) is 19.7 Å². The third-order valence-electron chi connectivity index (χ3n) is 3.67. The molecule has 0 aromatic carbocycles. The van der Waals surface area contributed by atoms with Crippen LogP contribution in [0.2, 0.25) is 0 Å². The van der Waals surface area contributed by atoms with Crippen LogP contribution in [0.15, 0.2) is 6.20 Å². The summed E-state index contributed by atoms with van der Waals surface area (Å²) in [6.45, 7) is 7.00. The highest BCUT2D eigenvalue weighted by molar-refractivity contribution is 5.84. The Labute approximate surface area is 125 Å². The van der Waals surface area contributed by atoms with Crippen LogP contribution in [0.25, 0.3) is 11.0 Å². The summed E-state index contributed by atoms with van der Waals surface area (Å²) in [4.78, 5) is 13.6. The van der Waals surface area contributed by atoms with Crippen LogP contribution in [0.3, 0.4) is 0 Å². The molecule has 2 N–H and O–H groups in total. The molecule has 0 saturated carbocycles. The first kappa shape index (κ1) is 15.7. The molecule has 116 valence electrons. The maximum absolute atomic E-state index is 6.01. The van der Waals surface area contributed by atoms with Gasteiger partial charge in [0.05, 0.1) is 18.1 Å². The van der Waals surface area contributed by atoms with Gasteiger partial charge in [-0.15, -0.1) is 0 Å². The van der Waals surface area contributed by atoms with Crippen molar-refractivity contribution >= 4 is 16.9 Å². The average molecular weight is 291 g/mol. The molecular weight excluding hydrogens is 266 g/mol. The number of aromatic nitrogens is 4. The molecule has 0 fully saturated rings. The van der Waals surface area contributed by atoms with E-state index in [1.165, 1.54) is 0 Å². The lowest BCUT2D eigenvalue weighted by Crippen LogP contribution is -2.39. The molecule has 0 radical (unpaired) electrons. The van der Waals surface area contributed by atoms with Crippen LogP contribution in [0.5, 0.6) is 0 Å². The summed E-state index contributed by atoms with van der Waals surface area (Å²) in [6, 6.07) is 0.428. The summed E-state index contributed by atoms with van der Waals surface area (Å²) in [5.41, 5.74) is 6.80. The molecule has 21 heavy (non-hydrogen) atoms. The highest BCUT2D eigenvalue weighted by Gasteiger charge is 2.16. The van der Waals surface area contributed by atoms with E-state index in [4.69, 9.17) is 5.73 Å². The van der Waals surface area contributed by atoms with Gasteiger partial charge in [-0.25, -0.2) is 9.97 Å². The second-order valence-electron chi connectivity index (χ2n) is 5.70. The molecule has 1 atom stereocenters. The number of hydrogen-bond acceptors (Lipinski definition) is 6. The Bertz CT molecular complexity index is 605. The third-order valence-corrected chi connectivity index (χ3v) is 3.67. The van der Waals surface area contributed by atoms with Crippen molar-refractivity contribution in [3.05, 3.63) is 12.0 Å². The van der Waals surface area contributed by atoms with Gasteiger partial charge in [-0.1, -0.05) is 6.92 Å². The van der Waals surface area contributed by atoms with Gasteiger partial charge in [0.2, 0.25) is 0 Å². The minimum Gasteiger partial charge on any atom is -0.383 e. The summed E-state index contributed by atoms with van der Waals surface area (Å²) in [5.74, 6) is 1.25. The molecule has 0 bridgehead atoms. The van der Waals surface area contributed by atoms with E-state index in [0.717, 1.165) is 29.9 Å². The quantitative estimate of drug-likeness (QED) is 0.845. The predicted molar refractivity (Wildman–Crippen MR) is 84.8 cm³/mol. The number of likely N-dealkylation sites (N-methyl/N-ethyl adjacent to an activating group) is 2. The zero-order chi connectivity index (χ0) is 15.6. The number of aryl methyl sites for hydroxylation is 1. The van der Waals surface area contributed by atoms with Crippen molar-refractivity contribution in [2.45, 2.75) is 26.4 Å². The Hall–Kier alpha value is -1.73. The smallest absolute Gasteiger partial charge is 0.163 e. The maximum atomic E-state index is 6.01. The SMILES string of the molecule is CCN(Cc1nc(N)c2cnn(C)c2n1)C(C)CN(C)C. The van der Waals surface area contributed by atoms with E-state index in [0.29, 0.717) is 18.4 Å². The molecule has 0 aliphatic heterocycles. The number of rotatable bonds is 6. The van der Waals surface area contributed by atoms with E-state index in [1.807, 2.05) is 7.05 Å². The van der Waals surface area contributed by atoms with Gasteiger partial charge in [0.1, 0.15) is 11.6 Å². The Balaban J connectivity index is 2.23. The number of fused-ring (bicyclic) bond motifs is 1. The monoisotopic (exact) mass is 291 g/mol. The summed E-state index contributed by atoms with van der Waals surface area (Å²) < 4.78 is 1.73. The fourth-order valence-corrected chi connectivity index (χ4v) is 2.57. The molecule has 7 nitrogen and oxygen atoms in total. The molecule has 2 heterocycles. The number of nitrogens with zero attached hydrogens (tertiary/aromatic N) is 6. The van der Waals surface area contributed by atoms with Gasteiger partial charge >= 0.3 is 0 Å². The summed E-state index contributed by atoms with van der Waals surface area (Å²) in [6.07, 6.45) is 1.71. The Morgan fingerprint density at radius 2 is 2.05 bits per heavy atom. The predicted octanol–water partition coefficient (Wildman–Crippen LogP) is 0.718. The molecule has 0 aliphatic rings. The molecule has 0 saturated heterocycles. The van der Waals surface area contributed by atoms with Gasteiger partial charge < -0.3 is 10.6 Å². The van der Waals surface area contributed by atoms with Gasteiger partial charge in [-0.2, -0.15) is 5.10 Å². The molecule has 0 spiro atoms. The Kier molecular flexibility index (Phi) is 4.74. The Morgan fingerprint density at radius 1 is 1.33 bits per heavy atom. The zero-order valence-corrected chi connectivity index (χ0v) is 13.5. The highest BCUT2D eigenvalue weighted by atomic mass is 15.3. The van der Waals surface area contributed by atoms with E-state index in [-0.39, 0.29) is 0 Å². The van der Waals surface area contributed by atoms with E-state index >= 15 is 0 Å². The standard InChI is InChI=1S/C14H25N7/c1-6-21(10(2)8-19(3)4)9-12-17-13(15)11-7-16-20(5)14(11)18-12/h7,10H,6,8-9H2,1-5H3,(H2,15,17,18). The van der Waals surface area contributed by atoms with E-state index < -0.39 is 0 Å². The minimum atomic E-state index is 0.428. The molecule has 7 heteroatoms. The van der Waals surface area contributed by atoms with Crippen LogP contribution in [-0.2, 0) is 13.6 Å².